The molecule has 0 radical (unpaired) electrons. The van der Waals surface area contributed by atoms with Crippen LogP contribution in [0.1, 0.15) is 29.0 Å². The molecule has 1 aliphatic carbocycles. The minimum absolute atomic E-state index is 0.0188. The zero-order valence-corrected chi connectivity index (χ0v) is 13.9. The van der Waals surface area contributed by atoms with E-state index in [1.165, 1.54) is 13.1 Å². The van der Waals surface area contributed by atoms with Crippen LogP contribution >= 0.6 is 11.6 Å². The summed E-state index contributed by atoms with van der Waals surface area (Å²) in [6.07, 6.45) is 2.69. The maximum atomic E-state index is 14.0. The van der Waals surface area contributed by atoms with Crippen molar-refractivity contribution in [2.24, 2.45) is 18.9 Å². The van der Waals surface area contributed by atoms with Crippen LogP contribution in [-0.2, 0) is 13.5 Å². The number of H-pyrrole nitrogens is 1. The van der Waals surface area contributed by atoms with E-state index in [-0.39, 0.29) is 17.6 Å². The van der Waals surface area contributed by atoms with Crippen LogP contribution in [0.25, 0.3) is 0 Å². The molecule has 2 N–H and O–H groups in total. The molecule has 1 heterocycles. The summed E-state index contributed by atoms with van der Waals surface area (Å²) in [6.45, 7) is 0.407. The van der Waals surface area contributed by atoms with Gasteiger partial charge in [-0.3, -0.25) is 9.78 Å². The molecule has 0 bridgehead atoms. The second-order valence-corrected chi connectivity index (χ2v) is 6.59. The van der Waals surface area contributed by atoms with E-state index in [2.05, 4.69) is 15.4 Å². The predicted octanol–water partition coefficient (Wildman–Crippen LogP) is 1.90. The standard InChI is InChI=1S/C16H18ClFN4O2/c1-22-16(24)20-14(21-22)15(23)19-8-11(9-2-3-9)6-10-4-5-12(17)7-13(10)18/h4-5,7,9,11H,2-3,6,8H2,1H3,(H,19,23)(H,20,21,24)/t11-/m1/s1. The molecule has 0 spiro atoms. The van der Waals surface area contributed by atoms with Crippen LogP contribution < -0.4 is 11.0 Å². The van der Waals surface area contributed by atoms with E-state index in [0.717, 1.165) is 17.5 Å². The first-order valence-electron chi connectivity index (χ1n) is 7.79. The summed E-state index contributed by atoms with van der Waals surface area (Å²) in [7, 11) is 1.46. The molecular weight excluding hydrogens is 335 g/mol. The van der Waals surface area contributed by atoms with Crippen molar-refractivity contribution in [2.75, 3.05) is 6.54 Å². The highest BCUT2D eigenvalue weighted by Crippen LogP contribution is 2.38. The SMILES string of the molecule is Cn1nc(C(=O)NC[C@@H](Cc2ccc(Cl)cc2F)C2CC2)[nH]c1=O. The third-order valence-corrected chi connectivity index (χ3v) is 4.53. The largest absolute Gasteiger partial charge is 0.349 e. The number of hydrogen-bond donors (Lipinski definition) is 2. The molecule has 1 aromatic heterocycles. The summed E-state index contributed by atoms with van der Waals surface area (Å²) in [5.74, 6) is -0.165. The van der Waals surface area contributed by atoms with Gasteiger partial charge in [0.15, 0.2) is 0 Å². The minimum atomic E-state index is -0.442. The Kier molecular flexibility index (Phi) is 4.71. The van der Waals surface area contributed by atoms with E-state index in [9.17, 15) is 14.0 Å². The first kappa shape index (κ1) is 16.7. The van der Waals surface area contributed by atoms with E-state index < -0.39 is 11.6 Å². The Bertz CT molecular complexity index is 813. The highest BCUT2D eigenvalue weighted by atomic mass is 35.5. The highest BCUT2D eigenvalue weighted by molar-refractivity contribution is 6.30. The van der Waals surface area contributed by atoms with Gasteiger partial charge in [-0.15, -0.1) is 5.10 Å². The number of hydrogen-bond acceptors (Lipinski definition) is 3. The highest BCUT2D eigenvalue weighted by Gasteiger charge is 2.32. The van der Waals surface area contributed by atoms with Gasteiger partial charge in [0.05, 0.1) is 0 Å². The van der Waals surface area contributed by atoms with Crippen LogP contribution in [0.15, 0.2) is 23.0 Å². The zero-order chi connectivity index (χ0) is 17.3. The molecule has 1 amide bonds. The lowest BCUT2D eigenvalue weighted by molar-refractivity contribution is 0.0934. The van der Waals surface area contributed by atoms with Crippen molar-refractivity contribution in [1.82, 2.24) is 20.1 Å². The molecule has 24 heavy (non-hydrogen) atoms. The summed E-state index contributed by atoms with van der Waals surface area (Å²) in [6, 6.07) is 4.66. The molecule has 0 aliphatic heterocycles. The van der Waals surface area contributed by atoms with Gasteiger partial charge in [-0.05, 0) is 48.8 Å². The molecule has 1 aliphatic rings. The molecule has 1 atom stereocenters. The van der Waals surface area contributed by atoms with E-state index in [0.29, 0.717) is 29.5 Å². The van der Waals surface area contributed by atoms with Crippen molar-refractivity contribution in [3.8, 4) is 0 Å². The maximum absolute atomic E-state index is 14.0. The third kappa shape index (κ3) is 3.84. The van der Waals surface area contributed by atoms with Crippen LogP contribution in [0, 0.1) is 17.7 Å². The number of rotatable bonds is 6. The molecule has 1 aromatic carbocycles. The lowest BCUT2D eigenvalue weighted by Crippen LogP contribution is -2.32. The average molecular weight is 353 g/mol. The monoisotopic (exact) mass is 352 g/mol. The van der Waals surface area contributed by atoms with Gasteiger partial charge in [0.1, 0.15) is 5.82 Å². The average Bonchev–Trinajstić information content (AvgIpc) is 3.31. The molecule has 1 fully saturated rings. The maximum Gasteiger partial charge on any atom is 0.343 e. The van der Waals surface area contributed by atoms with E-state index in [4.69, 9.17) is 11.6 Å². The Hall–Kier alpha value is -2.15. The van der Waals surface area contributed by atoms with Crippen LogP contribution in [0.3, 0.4) is 0 Å². The molecule has 3 rings (SSSR count). The third-order valence-electron chi connectivity index (χ3n) is 4.30. The first-order valence-corrected chi connectivity index (χ1v) is 8.17. The summed E-state index contributed by atoms with van der Waals surface area (Å²) in [5.41, 5.74) is 0.152. The van der Waals surface area contributed by atoms with Crippen LogP contribution in [0.5, 0.6) is 0 Å². The van der Waals surface area contributed by atoms with Crippen molar-refractivity contribution in [2.45, 2.75) is 19.3 Å². The fourth-order valence-electron chi connectivity index (χ4n) is 2.76. The Morgan fingerprint density at radius 2 is 2.29 bits per heavy atom. The van der Waals surface area contributed by atoms with E-state index in [1.54, 1.807) is 12.1 Å². The number of carbonyl (C=O) groups is 1. The van der Waals surface area contributed by atoms with Crippen molar-refractivity contribution in [3.05, 3.63) is 50.9 Å². The number of carbonyl (C=O) groups excluding carboxylic acids is 1. The lowest BCUT2D eigenvalue weighted by atomic mass is 9.94. The first-order chi connectivity index (χ1) is 11.4. The minimum Gasteiger partial charge on any atom is -0.349 e. The Morgan fingerprint density at radius 3 is 2.88 bits per heavy atom. The number of halogens is 2. The van der Waals surface area contributed by atoms with Gasteiger partial charge in [-0.25, -0.2) is 13.9 Å². The van der Waals surface area contributed by atoms with Crippen LogP contribution in [0.2, 0.25) is 5.02 Å². The number of aromatic amines is 1. The fraction of sp³-hybridized carbons (Fsp3) is 0.438. The van der Waals surface area contributed by atoms with Gasteiger partial charge in [0.2, 0.25) is 5.82 Å². The summed E-state index contributed by atoms with van der Waals surface area (Å²) >= 11 is 5.78. The number of nitrogens with zero attached hydrogens (tertiary/aromatic N) is 2. The van der Waals surface area contributed by atoms with Gasteiger partial charge in [0.25, 0.3) is 5.91 Å². The normalized spacial score (nSPS) is 15.3. The number of amides is 1. The Morgan fingerprint density at radius 1 is 1.54 bits per heavy atom. The van der Waals surface area contributed by atoms with Gasteiger partial charge in [-0.2, -0.15) is 0 Å². The predicted molar refractivity (Wildman–Crippen MR) is 87.5 cm³/mol. The summed E-state index contributed by atoms with van der Waals surface area (Å²) in [4.78, 5) is 25.8. The van der Waals surface area contributed by atoms with Gasteiger partial charge in [0, 0.05) is 18.6 Å². The molecule has 8 heteroatoms. The number of nitrogens with one attached hydrogen (secondary N) is 2. The fourth-order valence-corrected chi connectivity index (χ4v) is 2.91. The quantitative estimate of drug-likeness (QED) is 0.833. The lowest BCUT2D eigenvalue weighted by Gasteiger charge is -2.17. The zero-order valence-electron chi connectivity index (χ0n) is 13.2. The van der Waals surface area contributed by atoms with Crippen LogP contribution in [-0.4, -0.2) is 27.2 Å². The molecule has 0 saturated heterocycles. The van der Waals surface area contributed by atoms with E-state index >= 15 is 0 Å². The van der Waals surface area contributed by atoms with Crippen molar-refractivity contribution in [1.29, 1.82) is 0 Å². The summed E-state index contributed by atoms with van der Waals surface area (Å²) < 4.78 is 15.0. The number of aromatic nitrogens is 3. The molecule has 2 aromatic rings. The van der Waals surface area contributed by atoms with Gasteiger partial charge < -0.3 is 5.32 Å². The Balaban J connectivity index is 1.64. The number of aryl methyl sites for hydroxylation is 1. The smallest absolute Gasteiger partial charge is 0.343 e. The second-order valence-electron chi connectivity index (χ2n) is 6.15. The molecule has 0 unspecified atom stereocenters. The van der Waals surface area contributed by atoms with E-state index in [1.807, 2.05) is 0 Å². The van der Waals surface area contributed by atoms with Crippen molar-refractivity contribution in [3.63, 3.8) is 0 Å². The summed E-state index contributed by atoms with van der Waals surface area (Å²) in [5, 5.41) is 6.96. The number of benzene rings is 1. The molecule has 128 valence electrons. The molecule has 6 nitrogen and oxygen atoms in total. The van der Waals surface area contributed by atoms with Gasteiger partial charge in [-0.1, -0.05) is 17.7 Å². The Labute approximate surface area is 143 Å². The van der Waals surface area contributed by atoms with Gasteiger partial charge >= 0.3 is 5.69 Å². The van der Waals surface area contributed by atoms with Crippen molar-refractivity contribution >= 4 is 17.5 Å². The second kappa shape index (κ2) is 6.76. The topological polar surface area (TPSA) is 79.8 Å². The molecular formula is C16H18ClFN4O2. The molecule has 1 saturated carbocycles. The van der Waals surface area contributed by atoms with Crippen molar-refractivity contribution < 1.29 is 9.18 Å². The van der Waals surface area contributed by atoms with Crippen LogP contribution in [0.4, 0.5) is 4.39 Å².